The molecule has 0 atom stereocenters. The number of hydrogen-bond acceptors (Lipinski definition) is 5. The van der Waals surface area contributed by atoms with Crippen molar-refractivity contribution in [3.63, 3.8) is 0 Å². The van der Waals surface area contributed by atoms with E-state index in [0.29, 0.717) is 18.1 Å². The highest BCUT2D eigenvalue weighted by atomic mass is 16.2. The molecule has 4 N–H and O–H groups in total. The molecule has 126 valence electrons. The summed E-state index contributed by atoms with van der Waals surface area (Å²) in [7, 11) is 0. The van der Waals surface area contributed by atoms with Gasteiger partial charge in [0.1, 0.15) is 0 Å². The van der Waals surface area contributed by atoms with E-state index in [9.17, 15) is 4.79 Å². The molecule has 7 nitrogen and oxygen atoms in total. The quantitative estimate of drug-likeness (QED) is 0.665. The summed E-state index contributed by atoms with van der Waals surface area (Å²) < 4.78 is 0. The van der Waals surface area contributed by atoms with E-state index in [1.54, 1.807) is 30.9 Å². The minimum absolute atomic E-state index is 0.576. The molecule has 0 bridgehead atoms. The van der Waals surface area contributed by atoms with Crippen molar-refractivity contribution in [2.45, 2.75) is 13.5 Å². The van der Waals surface area contributed by atoms with Gasteiger partial charge in [-0.2, -0.15) is 0 Å². The molecule has 0 spiro atoms. The van der Waals surface area contributed by atoms with Gasteiger partial charge in [-0.3, -0.25) is 4.98 Å². The molecule has 1 aromatic carbocycles. The van der Waals surface area contributed by atoms with Gasteiger partial charge < -0.3 is 16.4 Å². The number of nitrogens with one attached hydrogen (secondary N) is 2. The number of amides is 2. The zero-order chi connectivity index (χ0) is 17.6. The Hall–Kier alpha value is -3.48. The van der Waals surface area contributed by atoms with Crippen molar-refractivity contribution in [3.8, 4) is 11.4 Å². The molecular weight excluding hydrogens is 316 g/mol. The predicted octanol–water partition coefficient (Wildman–Crippen LogP) is 2.95. The van der Waals surface area contributed by atoms with E-state index in [-0.39, 0.29) is 0 Å². The van der Waals surface area contributed by atoms with Crippen molar-refractivity contribution in [2.24, 2.45) is 5.73 Å². The van der Waals surface area contributed by atoms with Gasteiger partial charge in [0.2, 0.25) is 0 Å². The second-order valence-electron chi connectivity index (χ2n) is 5.53. The number of anilines is 2. The van der Waals surface area contributed by atoms with Crippen LogP contribution in [0.25, 0.3) is 11.4 Å². The Bertz CT molecular complexity index is 882. The number of primary amides is 1. The maximum atomic E-state index is 11.1. The molecule has 25 heavy (non-hydrogen) atoms. The molecule has 2 amide bonds. The van der Waals surface area contributed by atoms with Gasteiger partial charge in [0.15, 0.2) is 5.82 Å². The van der Waals surface area contributed by atoms with Gasteiger partial charge in [0.25, 0.3) is 0 Å². The average Bonchev–Trinajstić information content (AvgIpc) is 2.63. The summed E-state index contributed by atoms with van der Waals surface area (Å²) in [5, 5.41) is 5.93. The molecule has 0 aliphatic carbocycles. The van der Waals surface area contributed by atoms with Gasteiger partial charge >= 0.3 is 6.03 Å². The Labute approximate surface area is 145 Å². The molecule has 3 aromatic rings. The predicted molar refractivity (Wildman–Crippen MR) is 97.0 cm³/mol. The fraction of sp³-hybridized carbons (Fsp3) is 0.111. The van der Waals surface area contributed by atoms with Crippen LogP contribution < -0.4 is 16.4 Å². The van der Waals surface area contributed by atoms with Crippen molar-refractivity contribution < 1.29 is 4.79 Å². The van der Waals surface area contributed by atoms with Gasteiger partial charge in [0, 0.05) is 42.6 Å². The minimum atomic E-state index is -0.576. The lowest BCUT2D eigenvalue weighted by molar-refractivity contribution is 0.259. The Kier molecular flexibility index (Phi) is 4.84. The number of aromatic nitrogens is 3. The Morgan fingerprint density at radius 1 is 1.16 bits per heavy atom. The number of urea groups is 1. The molecule has 7 heteroatoms. The van der Waals surface area contributed by atoms with E-state index in [2.05, 4.69) is 25.6 Å². The molecule has 0 radical (unpaired) electrons. The first-order valence-corrected chi connectivity index (χ1v) is 7.74. The lowest BCUT2D eigenvalue weighted by atomic mass is 10.1. The standard InChI is InChI=1S/C18H18N6O/c1-12-3-4-13(7-16(12)24-18(19)25)9-23-15-8-14(10-20-11-15)17-21-5-2-6-22-17/h2-8,10-11,23H,9H2,1H3,(H3,19,24,25). The average molecular weight is 334 g/mol. The summed E-state index contributed by atoms with van der Waals surface area (Å²) >= 11 is 0. The number of carbonyl (C=O) groups excluding carboxylic acids is 1. The van der Waals surface area contributed by atoms with E-state index >= 15 is 0 Å². The second kappa shape index (κ2) is 7.39. The third kappa shape index (κ3) is 4.29. The van der Waals surface area contributed by atoms with Crippen LogP contribution in [-0.2, 0) is 6.54 Å². The number of rotatable bonds is 5. The fourth-order valence-corrected chi connectivity index (χ4v) is 2.36. The first-order valence-electron chi connectivity index (χ1n) is 7.74. The molecule has 3 rings (SSSR count). The van der Waals surface area contributed by atoms with Crippen molar-refractivity contribution in [1.29, 1.82) is 0 Å². The van der Waals surface area contributed by atoms with Crippen LogP contribution in [0.15, 0.2) is 55.1 Å². The van der Waals surface area contributed by atoms with Gasteiger partial charge in [-0.05, 0) is 36.2 Å². The number of pyridine rings is 1. The molecule has 2 heterocycles. The van der Waals surface area contributed by atoms with Crippen LogP contribution in [0.4, 0.5) is 16.2 Å². The van der Waals surface area contributed by atoms with Crippen LogP contribution in [-0.4, -0.2) is 21.0 Å². The number of nitrogens with two attached hydrogens (primary N) is 1. The molecule has 0 aliphatic rings. The van der Waals surface area contributed by atoms with Crippen molar-refractivity contribution in [3.05, 3.63) is 66.2 Å². The molecule has 2 aromatic heterocycles. The summed E-state index contributed by atoms with van der Waals surface area (Å²) in [5.74, 6) is 0.627. The maximum absolute atomic E-state index is 11.1. The molecule has 0 saturated heterocycles. The Balaban J connectivity index is 1.73. The maximum Gasteiger partial charge on any atom is 0.316 e. The highest BCUT2D eigenvalue weighted by molar-refractivity contribution is 5.88. The highest BCUT2D eigenvalue weighted by Crippen LogP contribution is 2.20. The Morgan fingerprint density at radius 3 is 2.72 bits per heavy atom. The van der Waals surface area contributed by atoms with Gasteiger partial charge in [-0.25, -0.2) is 14.8 Å². The number of nitrogens with zero attached hydrogens (tertiary/aromatic N) is 3. The molecule has 0 saturated carbocycles. The molecule has 0 fully saturated rings. The van der Waals surface area contributed by atoms with Gasteiger partial charge in [0.05, 0.1) is 5.69 Å². The summed E-state index contributed by atoms with van der Waals surface area (Å²) in [6.45, 7) is 2.49. The summed E-state index contributed by atoms with van der Waals surface area (Å²) in [4.78, 5) is 23.7. The number of benzene rings is 1. The normalized spacial score (nSPS) is 10.3. The van der Waals surface area contributed by atoms with Gasteiger partial charge in [-0.15, -0.1) is 0 Å². The van der Waals surface area contributed by atoms with Crippen LogP contribution in [0.3, 0.4) is 0 Å². The first-order chi connectivity index (χ1) is 12.1. The van der Waals surface area contributed by atoms with Crippen LogP contribution in [0.1, 0.15) is 11.1 Å². The number of carbonyl (C=O) groups is 1. The lowest BCUT2D eigenvalue weighted by Gasteiger charge is -2.11. The molecular formula is C18H18N6O. The third-order valence-corrected chi connectivity index (χ3v) is 3.62. The van der Waals surface area contributed by atoms with Crippen LogP contribution >= 0.6 is 0 Å². The van der Waals surface area contributed by atoms with Crippen molar-refractivity contribution in [1.82, 2.24) is 15.0 Å². The SMILES string of the molecule is Cc1ccc(CNc2cncc(-c3ncccn3)c2)cc1NC(N)=O. The van der Waals surface area contributed by atoms with E-state index in [1.165, 1.54) is 0 Å². The van der Waals surface area contributed by atoms with Crippen LogP contribution in [0.2, 0.25) is 0 Å². The van der Waals surface area contributed by atoms with Crippen LogP contribution in [0, 0.1) is 6.92 Å². The second-order valence-corrected chi connectivity index (χ2v) is 5.53. The van der Waals surface area contributed by atoms with Crippen molar-refractivity contribution in [2.75, 3.05) is 10.6 Å². The van der Waals surface area contributed by atoms with Gasteiger partial charge in [-0.1, -0.05) is 12.1 Å². The highest BCUT2D eigenvalue weighted by Gasteiger charge is 2.05. The van der Waals surface area contributed by atoms with E-state index in [1.807, 2.05) is 31.2 Å². The zero-order valence-electron chi connectivity index (χ0n) is 13.7. The van der Waals surface area contributed by atoms with E-state index in [4.69, 9.17) is 5.73 Å². The van der Waals surface area contributed by atoms with E-state index in [0.717, 1.165) is 22.4 Å². The van der Waals surface area contributed by atoms with E-state index < -0.39 is 6.03 Å². The monoisotopic (exact) mass is 334 g/mol. The Morgan fingerprint density at radius 2 is 1.96 bits per heavy atom. The fourth-order valence-electron chi connectivity index (χ4n) is 2.36. The molecule has 0 aliphatic heterocycles. The minimum Gasteiger partial charge on any atom is -0.380 e. The third-order valence-electron chi connectivity index (χ3n) is 3.62. The van der Waals surface area contributed by atoms with Crippen molar-refractivity contribution >= 4 is 17.4 Å². The summed E-state index contributed by atoms with van der Waals surface area (Å²) in [6.07, 6.45) is 6.86. The zero-order valence-corrected chi connectivity index (χ0v) is 13.7. The van der Waals surface area contributed by atoms with Crippen LogP contribution in [0.5, 0.6) is 0 Å². The summed E-state index contributed by atoms with van der Waals surface area (Å²) in [5.41, 5.74) is 9.56. The molecule has 0 unspecified atom stereocenters. The first kappa shape index (κ1) is 16.4. The largest absolute Gasteiger partial charge is 0.380 e. The lowest BCUT2D eigenvalue weighted by Crippen LogP contribution is -2.20. The summed E-state index contributed by atoms with van der Waals surface area (Å²) in [6, 6.07) is 8.96. The number of aryl methyl sites for hydroxylation is 1. The topological polar surface area (TPSA) is 106 Å². The smallest absolute Gasteiger partial charge is 0.316 e. The number of hydrogen-bond donors (Lipinski definition) is 3.